The van der Waals surface area contributed by atoms with Gasteiger partial charge in [-0.15, -0.1) is 0 Å². The van der Waals surface area contributed by atoms with Crippen molar-refractivity contribution in [2.75, 3.05) is 10.3 Å². The van der Waals surface area contributed by atoms with Gasteiger partial charge in [0, 0.05) is 36.7 Å². The number of aromatic nitrogens is 4. The molecule has 0 saturated carbocycles. The number of nitrogens with zero attached hydrogens (tertiary/aromatic N) is 6. The number of hydrogen-bond donors (Lipinski definition) is 1. The average Bonchev–Trinajstić information content (AvgIpc) is 3.21. The van der Waals surface area contributed by atoms with Crippen LogP contribution in [0.3, 0.4) is 0 Å². The number of hydrogen-bond acceptors (Lipinski definition) is 6. The number of carbonyl (C=O) groups is 2. The molecule has 33 heavy (non-hydrogen) atoms. The summed E-state index contributed by atoms with van der Waals surface area (Å²) in [6, 6.07) is 9.34. The number of anilines is 2. The van der Waals surface area contributed by atoms with Gasteiger partial charge >= 0.3 is 0 Å². The quantitative estimate of drug-likeness (QED) is 0.659. The molecular formula is C24H27N7O2. The molecule has 0 radical (unpaired) electrons. The van der Waals surface area contributed by atoms with Gasteiger partial charge in [-0.3, -0.25) is 9.59 Å². The van der Waals surface area contributed by atoms with Crippen molar-refractivity contribution in [2.45, 2.75) is 52.9 Å². The Kier molecular flexibility index (Phi) is 5.80. The zero-order chi connectivity index (χ0) is 23.8. The first-order valence-electron chi connectivity index (χ1n) is 10.8. The molecule has 1 aliphatic rings. The fourth-order valence-corrected chi connectivity index (χ4v) is 3.43. The van der Waals surface area contributed by atoms with Gasteiger partial charge in [0.2, 0.25) is 5.91 Å². The zero-order valence-corrected chi connectivity index (χ0v) is 19.5. The van der Waals surface area contributed by atoms with E-state index in [-0.39, 0.29) is 29.9 Å². The van der Waals surface area contributed by atoms with E-state index in [0.29, 0.717) is 17.5 Å². The molecule has 0 saturated heterocycles. The summed E-state index contributed by atoms with van der Waals surface area (Å²) >= 11 is 0. The van der Waals surface area contributed by atoms with E-state index in [1.165, 1.54) is 9.69 Å². The van der Waals surface area contributed by atoms with Crippen LogP contribution < -0.4 is 10.3 Å². The van der Waals surface area contributed by atoms with Crippen LogP contribution in [0.25, 0.3) is 5.95 Å². The Morgan fingerprint density at radius 1 is 1.06 bits per heavy atom. The van der Waals surface area contributed by atoms with Crippen molar-refractivity contribution in [2.24, 2.45) is 5.10 Å². The lowest BCUT2D eigenvalue weighted by molar-refractivity contribution is -0.118. The van der Waals surface area contributed by atoms with E-state index < -0.39 is 5.91 Å². The van der Waals surface area contributed by atoms with Crippen LogP contribution in [-0.2, 0) is 15.0 Å². The highest BCUT2D eigenvalue weighted by molar-refractivity contribution is 6.44. The highest BCUT2D eigenvalue weighted by Crippen LogP contribution is 2.27. The molecule has 4 rings (SSSR count). The molecule has 3 aromatic rings. The second-order valence-corrected chi connectivity index (χ2v) is 9.12. The second kappa shape index (κ2) is 8.57. The van der Waals surface area contributed by atoms with Crippen LogP contribution in [0, 0.1) is 13.8 Å². The van der Waals surface area contributed by atoms with Gasteiger partial charge < -0.3 is 5.32 Å². The van der Waals surface area contributed by atoms with E-state index in [4.69, 9.17) is 0 Å². The van der Waals surface area contributed by atoms with E-state index in [1.54, 1.807) is 18.5 Å². The molecular weight excluding hydrogens is 418 g/mol. The van der Waals surface area contributed by atoms with Crippen LogP contribution in [0.15, 0.2) is 47.8 Å². The van der Waals surface area contributed by atoms with Gasteiger partial charge in [-0.1, -0.05) is 32.9 Å². The van der Waals surface area contributed by atoms with Crippen LogP contribution in [0.4, 0.5) is 11.5 Å². The maximum absolute atomic E-state index is 13.2. The molecule has 3 heterocycles. The Balaban J connectivity index is 1.67. The molecule has 1 aliphatic heterocycles. The maximum atomic E-state index is 13.2. The molecule has 1 N–H and O–H groups in total. The molecule has 0 atom stereocenters. The summed E-state index contributed by atoms with van der Waals surface area (Å²) in [6.45, 7) is 9.98. The predicted octanol–water partition coefficient (Wildman–Crippen LogP) is 3.70. The zero-order valence-electron chi connectivity index (χ0n) is 19.5. The number of aryl methyl sites for hydroxylation is 2. The molecule has 2 aromatic heterocycles. The molecule has 0 aliphatic carbocycles. The minimum absolute atomic E-state index is 0.141. The number of rotatable bonds is 4. The highest BCUT2D eigenvalue weighted by atomic mass is 16.2. The molecule has 1 aromatic carbocycles. The Hall–Kier alpha value is -3.88. The van der Waals surface area contributed by atoms with Crippen molar-refractivity contribution in [1.82, 2.24) is 19.7 Å². The van der Waals surface area contributed by atoms with Crippen molar-refractivity contribution >= 4 is 29.0 Å². The third kappa shape index (κ3) is 4.67. The number of benzene rings is 1. The Labute approximate surface area is 192 Å². The van der Waals surface area contributed by atoms with Crippen LogP contribution >= 0.6 is 0 Å². The predicted molar refractivity (Wildman–Crippen MR) is 127 cm³/mol. The molecule has 0 unspecified atom stereocenters. The van der Waals surface area contributed by atoms with Crippen molar-refractivity contribution in [3.05, 3.63) is 59.5 Å². The Bertz CT molecular complexity index is 1240. The third-order valence-electron chi connectivity index (χ3n) is 5.35. The van der Waals surface area contributed by atoms with Crippen molar-refractivity contribution in [1.29, 1.82) is 0 Å². The third-order valence-corrected chi connectivity index (χ3v) is 5.35. The molecule has 170 valence electrons. The van der Waals surface area contributed by atoms with E-state index in [0.717, 1.165) is 16.8 Å². The maximum Gasteiger partial charge on any atom is 0.273 e. The van der Waals surface area contributed by atoms with Crippen molar-refractivity contribution in [3.63, 3.8) is 0 Å². The molecule has 9 nitrogen and oxygen atoms in total. The van der Waals surface area contributed by atoms with Crippen LogP contribution in [0.5, 0.6) is 0 Å². The van der Waals surface area contributed by atoms with Gasteiger partial charge in [-0.25, -0.2) is 15.0 Å². The monoisotopic (exact) mass is 445 g/mol. The van der Waals surface area contributed by atoms with Gasteiger partial charge in [0.15, 0.2) is 0 Å². The van der Waals surface area contributed by atoms with Crippen LogP contribution in [0.2, 0.25) is 0 Å². The largest absolute Gasteiger partial charge is 0.305 e. The van der Waals surface area contributed by atoms with Gasteiger partial charge in [0.1, 0.15) is 11.5 Å². The lowest BCUT2D eigenvalue weighted by Gasteiger charge is -2.24. The molecule has 2 amide bonds. The summed E-state index contributed by atoms with van der Waals surface area (Å²) in [5.41, 5.74) is 3.42. The fraction of sp³-hybridized carbons (Fsp3) is 0.333. The van der Waals surface area contributed by atoms with Gasteiger partial charge in [-0.05, 0) is 37.1 Å². The van der Waals surface area contributed by atoms with Crippen LogP contribution in [-0.4, -0.2) is 37.3 Å². The number of nitrogens with one attached hydrogen (secondary N) is 1. The first-order chi connectivity index (χ1) is 15.6. The SMILES string of the molecule is Cc1ccc(C)c(N2N=C(C(=O)Nc3cc(C(C)(C)C)nn3-c3ncccn3)CCC2=O)c1. The molecule has 0 bridgehead atoms. The highest BCUT2D eigenvalue weighted by Gasteiger charge is 2.28. The normalized spacial score (nSPS) is 14.3. The Morgan fingerprint density at radius 2 is 1.79 bits per heavy atom. The standard InChI is InChI=1S/C24H27N7O2/c1-15-7-8-16(2)18(13-15)30-21(32)10-9-17(28-30)22(33)27-20-14-19(24(3,4)5)29-31(20)23-25-11-6-12-26-23/h6-8,11-14H,9-10H2,1-5H3,(H,27,33). The van der Waals surface area contributed by atoms with Crippen LogP contribution in [0.1, 0.15) is 50.4 Å². The van der Waals surface area contributed by atoms with Gasteiger partial charge in [0.25, 0.3) is 11.9 Å². The smallest absolute Gasteiger partial charge is 0.273 e. The summed E-state index contributed by atoms with van der Waals surface area (Å²) in [5, 5.41) is 13.3. The van der Waals surface area contributed by atoms with Gasteiger partial charge in [0.05, 0.1) is 11.4 Å². The van der Waals surface area contributed by atoms with E-state index in [2.05, 4.69) is 25.5 Å². The number of carbonyl (C=O) groups excluding carboxylic acids is 2. The van der Waals surface area contributed by atoms with E-state index in [1.807, 2.05) is 58.9 Å². The lowest BCUT2D eigenvalue weighted by atomic mass is 9.92. The van der Waals surface area contributed by atoms with E-state index >= 15 is 0 Å². The molecule has 0 fully saturated rings. The topological polar surface area (TPSA) is 105 Å². The summed E-state index contributed by atoms with van der Waals surface area (Å²) in [6.07, 6.45) is 3.69. The summed E-state index contributed by atoms with van der Waals surface area (Å²) in [4.78, 5) is 34.3. The fourth-order valence-electron chi connectivity index (χ4n) is 3.43. The average molecular weight is 446 g/mol. The second-order valence-electron chi connectivity index (χ2n) is 9.12. The first kappa shape index (κ1) is 22.3. The van der Waals surface area contributed by atoms with Crippen molar-refractivity contribution < 1.29 is 9.59 Å². The summed E-state index contributed by atoms with van der Waals surface area (Å²) in [7, 11) is 0. The number of hydrazone groups is 1. The van der Waals surface area contributed by atoms with Crippen molar-refractivity contribution in [3.8, 4) is 5.95 Å². The minimum atomic E-state index is -0.393. The van der Waals surface area contributed by atoms with E-state index in [9.17, 15) is 9.59 Å². The Morgan fingerprint density at radius 3 is 2.48 bits per heavy atom. The number of amides is 2. The summed E-state index contributed by atoms with van der Waals surface area (Å²) < 4.78 is 1.51. The molecule has 9 heteroatoms. The first-order valence-corrected chi connectivity index (χ1v) is 10.8. The molecule has 0 spiro atoms. The van der Waals surface area contributed by atoms with Gasteiger partial charge in [-0.2, -0.15) is 14.9 Å². The minimum Gasteiger partial charge on any atom is -0.305 e. The summed E-state index contributed by atoms with van der Waals surface area (Å²) in [5.74, 6) is 0.253. The lowest BCUT2D eigenvalue weighted by Crippen LogP contribution is -2.37.